The molecule has 3 aromatic rings. The van der Waals surface area contributed by atoms with Crippen molar-refractivity contribution in [2.45, 2.75) is 46.6 Å². The predicted molar refractivity (Wildman–Crippen MR) is 101 cm³/mol. The highest BCUT2D eigenvalue weighted by Gasteiger charge is 2.20. The van der Waals surface area contributed by atoms with Gasteiger partial charge in [0.25, 0.3) is 0 Å². The number of carbonyl (C=O) groups excluding carboxylic acids is 1. The smallest absolute Gasteiger partial charge is 0.358 e. The van der Waals surface area contributed by atoms with E-state index in [2.05, 4.69) is 31.9 Å². The maximum absolute atomic E-state index is 11.9. The van der Waals surface area contributed by atoms with E-state index in [1.165, 1.54) is 0 Å². The minimum absolute atomic E-state index is 0.0610. The van der Waals surface area contributed by atoms with E-state index in [4.69, 9.17) is 21.4 Å². The Morgan fingerprint density at radius 1 is 1.19 bits per heavy atom. The second-order valence-corrected chi connectivity index (χ2v) is 7.77. The van der Waals surface area contributed by atoms with Crippen molar-refractivity contribution < 1.29 is 9.53 Å². The first-order valence-corrected chi connectivity index (χ1v) is 8.97. The fraction of sp³-hybridized carbons (Fsp3) is 0.421. The van der Waals surface area contributed by atoms with Gasteiger partial charge >= 0.3 is 5.97 Å². The zero-order valence-corrected chi connectivity index (χ0v) is 16.5. The van der Waals surface area contributed by atoms with Gasteiger partial charge in [-0.05, 0) is 38.1 Å². The van der Waals surface area contributed by atoms with Gasteiger partial charge in [0.1, 0.15) is 0 Å². The third kappa shape index (κ3) is 3.60. The molecule has 0 radical (unpaired) electrons. The van der Waals surface area contributed by atoms with E-state index in [1.54, 1.807) is 17.7 Å². The van der Waals surface area contributed by atoms with Gasteiger partial charge in [0.15, 0.2) is 5.69 Å². The highest BCUT2D eigenvalue weighted by atomic mass is 35.5. The molecule has 3 heterocycles. The standard InChI is InChI=1S/C19H23ClN4O2/c1-6-26-18(25)16-7-12(2)23(21-16)11-15-9-13(20)8-14-10-17(19(3,4)5)22-24(14)15/h7-10H,6,11H2,1-5H3. The Labute approximate surface area is 157 Å². The minimum Gasteiger partial charge on any atom is -0.461 e. The third-order valence-electron chi connectivity index (χ3n) is 4.15. The molecule has 0 aromatic carbocycles. The molecule has 0 atom stereocenters. The Kier molecular flexibility index (Phi) is 4.80. The molecule has 138 valence electrons. The Bertz CT molecular complexity index is 966. The molecule has 26 heavy (non-hydrogen) atoms. The second kappa shape index (κ2) is 6.76. The van der Waals surface area contributed by atoms with Crippen LogP contribution in [0.2, 0.25) is 5.02 Å². The molecule has 0 saturated carbocycles. The van der Waals surface area contributed by atoms with Crippen molar-refractivity contribution in [3.63, 3.8) is 0 Å². The van der Waals surface area contributed by atoms with E-state index in [1.807, 2.05) is 23.6 Å². The number of pyridine rings is 1. The highest BCUT2D eigenvalue weighted by Crippen LogP contribution is 2.25. The summed E-state index contributed by atoms with van der Waals surface area (Å²) in [5, 5.41) is 9.76. The molecule has 0 aliphatic rings. The van der Waals surface area contributed by atoms with E-state index in [-0.39, 0.29) is 5.41 Å². The molecule has 0 fully saturated rings. The van der Waals surface area contributed by atoms with E-state index < -0.39 is 5.97 Å². The van der Waals surface area contributed by atoms with Crippen molar-refractivity contribution in [3.8, 4) is 0 Å². The summed E-state index contributed by atoms with van der Waals surface area (Å²) in [6, 6.07) is 7.55. The summed E-state index contributed by atoms with van der Waals surface area (Å²) >= 11 is 6.31. The number of nitrogens with zero attached hydrogens (tertiary/aromatic N) is 4. The molecule has 3 rings (SSSR count). The summed E-state index contributed by atoms with van der Waals surface area (Å²) in [5.74, 6) is -0.417. The average Bonchev–Trinajstić information content (AvgIpc) is 3.11. The zero-order chi connectivity index (χ0) is 19.1. The number of fused-ring (bicyclic) bond motifs is 1. The van der Waals surface area contributed by atoms with Crippen LogP contribution in [0.4, 0.5) is 0 Å². The lowest BCUT2D eigenvalue weighted by Gasteiger charge is -2.14. The van der Waals surface area contributed by atoms with E-state index in [0.717, 1.165) is 22.6 Å². The van der Waals surface area contributed by atoms with Crippen LogP contribution in [0.3, 0.4) is 0 Å². The number of ether oxygens (including phenoxy) is 1. The molecule has 0 N–H and O–H groups in total. The first-order valence-electron chi connectivity index (χ1n) is 8.59. The lowest BCUT2D eigenvalue weighted by molar-refractivity contribution is 0.0518. The molecule has 0 aliphatic heterocycles. The molecule has 0 bridgehead atoms. The van der Waals surface area contributed by atoms with Crippen molar-refractivity contribution in [2.24, 2.45) is 0 Å². The quantitative estimate of drug-likeness (QED) is 0.647. The van der Waals surface area contributed by atoms with Crippen molar-refractivity contribution in [1.29, 1.82) is 0 Å². The van der Waals surface area contributed by atoms with Gasteiger partial charge in [-0.25, -0.2) is 9.31 Å². The monoisotopic (exact) mass is 374 g/mol. The van der Waals surface area contributed by atoms with Crippen molar-refractivity contribution in [3.05, 3.63) is 52.1 Å². The van der Waals surface area contributed by atoms with Crippen LogP contribution in [0.1, 0.15) is 55.3 Å². The van der Waals surface area contributed by atoms with Gasteiger partial charge in [-0.3, -0.25) is 4.68 Å². The Morgan fingerprint density at radius 2 is 1.92 bits per heavy atom. The highest BCUT2D eigenvalue weighted by molar-refractivity contribution is 6.31. The van der Waals surface area contributed by atoms with Crippen molar-refractivity contribution in [2.75, 3.05) is 6.61 Å². The fourth-order valence-corrected chi connectivity index (χ4v) is 2.98. The topological polar surface area (TPSA) is 61.4 Å². The molecule has 3 aromatic heterocycles. The molecular weight excluding hydrogens is 352 g/mol. The van der Waals surface area contributed by atoms with Crippen molar-refractivity contribution >= 4 is 23.1 Å². The lowest BCUT2D eigenvalue weighted by Crippen LogP contribution is -2.13. The average molecular weight is 375 g/mol. The van der Waals surface area contributed by atoms with Crippen LogP contribution < -0.4 is 0 Å². The summed E-state index contributed by atoms with van der Waals surface area (Å²) in [4.78, 5) is 11.9. The van der Waals surface area contributed by atoms with Gasteiger partial charge in [-0.1, -0.05) is 32.4 Å². The zero-order valence-electron chi connectivity index (χ0n) is 15.7. The maximum Gasteiger partial charge on any atom is 0.358 e. The summed E-state index contributed by atoms with van der Waals surface area (Å²) in [6.45, 7) is 10.8. The van der Waals surface area contributed by atoms with Crippen LogP contribution in [0.5, 0.6) is 0 Å². The number of aromatic nitrogens is 4. The molecule has 0 unspecified atom stereocenters. The largest absolute Gasteiger partial charge is 0.461 e. The Balaban J connectivity index is 2.01. The summed E-state index contributed by atoms with van der Waals surface area (Å²) in [5.41, 5.74) is 3.93. The van der Waals surface area contributed by atoms with Crippen LogP contribution in [0, 0.1) is 6.92 Å². The van der Waals surface area contributed by atoms with E-state index in [9.17, 15) is 4.79 Å². The number of esters is 1. The van der Waals surface area contributed by atoms with Gasteiger partial charge in [0.2, 0.25) is 0 Å². The number of carbonyl (C=O) groups is 1. The summed E-state index contributed by atoms with van der Waals surface area (Å²) < 4.78 is 8.67. The second-order valence-electron chi connectivity index (χ2n) is 7.33. The predicted octanol–water partition coefficient (Wildman–Crippen LogP) is 4.02. The molecule has 0 aliphatic carbocycles. The normalized spacial score (nSPS) is 11.9. The minimum atomic E-state index is -0.417. The van der Waals surface area contributed by atoms with Crippen LogP contribution in [-0.4, -0.2) is 32.0 Å². The van der Waals surface area contributed by atoms with Crippen LogP contribution in [0.15, 0.2) is 24.3 Å². The van der Waals surface area contributed by atoms with E-state index >= 15 is 0 Å². The molecule has 0 spiro atoms. The number of hydrogen-bond acceptors (Lipinski definition) is 4. The van der Waals surface area contributed by atoms with Crippen molar-refractivity contribution in [1.82, 2.24) is 19.4 Å². The number of halogens is 1. The summed E-state index contributed by atoms with van der Waals surface area (Å²) in [6.07, 6.45) is 0. The first kappa shape index (κ1) is 18.5. The molecular formula is C19H23ClN4O2. The van der Waals surface area contributed by atoms with Gasteiger partial charge < -0.3 is 4.74 Å². The molecule has 6 nitrogen and oxygen atoms in total. The number of hydrogen-bond donors (Lipinski definition) is 0. The summed E-state index contributed by atoms with van der Waals surface area (Å²) in [7, 11) is 0. The van der Waals surface area contributed by atoms with Crippen LogP contribution in [0.25, 0.3) is 5.52 Å². The Hall–Kier alpha value is -2.34. The number of rotatable bonds is 4. The lowest BCUT2D eigenvalue weighted by atomic mass is 9.92. The fourth-order valence-electron chi connectivity index (χ4n) is 2.74. The third-order valence-corrected chi connectivity index (χ3v) is 4.36. The number of aryl methyl sites for hydroxylation is 1. The van der Waals surface area contributed by atoms with Crippen LogP contribution in [-0.2, 0) is 16.7 Å². The SMILES string of the molecule is CCOC(=O)c1cc(C)n(Cc2cc(Cl)cc3cc(C(C)(C)C)nn23)n1. The van der Waals surface area contributed by atoms with Gasteiger partial charge in [-0.2, -0.15) is 10.2 Å². The van der Waals surface area contributed by atoms with Gasteiger partial charge in [0, 0.05) is 16.1 Å². The van der Waals surface area contributed by atoms with Crippen LogP contribution >= 0.6 is 11.6 Å². The molecule has 7 heteroatoms. The van der Waals surface area contributed by atoms with Gasteiger partial charge in [0.05, 0.1) is 30.1 Å². The molecule has 0 amide bonds. The first-order chi connectivity index (χ1) is 12.2. The van der Waals surface area contributed by atoms with E-state index in [0.29, 0.717) is 23.9 Å². The van der Waals surface area contributed by atoms with Gasteiger partial charge in [-0.15, -0.1) is 0 Å². The molecule has 0 saturated heterocycles. The Morgan fingerprint density at radius 3 is 2.58 bits per heavy atom. The maximum atomic E-state index is 11.9.